The van der Waals surface area contributed by atoms with Gasteiger partial charge in [-0.25, -0.2) is 4.21 Å². The van der Waals surface area contributed by atoms with Crippen LogP contribution in [-0.4, -0.2) is 4.21 Å². The van der Waals surface area contributed by atoms with E-state index >= 15 is 0 Å². The Bertz CT molecular complexity index is 629. The van der Waals surface area contributed by atoms with Gasteiger partial charge in [-0.15, -0.1) is 0 Å². The van der Waals surface area contributed by atoms with Gasteiger partial charge in [0, 0.05) is 10.3 Å². The fraction of sp³-hybridized carbons (Fsp3) is 0.263. The molecule has 2 rings (SSSR count). The minimum absolute atomic E-state index is 0.845. The van der Waals surface area contributed by atoms with Gasteiger partial charge < -0.3 is 0 Å². The number of benzene rings is 2. The van der Waals surface area contributed by atoms with Crippen LogP contribution in [0.15, 0.2) is 58.8 Å². The normalized spacial score (nSPS) is 12.7. The van der Waals surface area contributed by atoms with Gasteiger partial charge in [0.05, 0.1) is 10.8 Å². The quantitative estimate of drug-likeness (QED) is 0.723. The van der Waals surface area contributed by atoms with E-state index in [0.717, 1.165) is 11.3 Å². The molecule has 0 bridgehead atoms. The third-order valence-corrected chi connectivity index (χ3v) is 4.67. The van der Waals surface area contributed by atoms with E-state index in [9.17, 15) is 4.21 Å². The zero-order valence-electron chi connectivity index (χ0n) is 12.7. The average Bonchev–Trinajstić information content (AvgIpc) is 2.52. The van der Waals surface area contributed by atoms with Crippen LogP contribution in [0.1, 0.15) is 36.5 Å². The molecule has 0 aliphatic rings. The molecule has 2 aromatic rings. The summed E-state index contributed by atoms with van der Waals surface area (Å²) in [6.07, 6.45) is 5.47. The zero-order chi connectivity index (χ0) is 15.1. The summed E-state index contributed by atoms with van der Waals surface area (Å²) in [6, 6.07) is 16.0. The van der Waals surface area contributed by atoms with Gasteiger partial charge in [0.15, 0.2) is 0 Å². The summed E-state index contributed by atoms with van der Waals surface area (Å²) in [4.78, 5) is 0.845. The molecule has 0 amide bonds. The maximum absolute atomic E-state index is 12.3. The molecule has 1 nitrogen and oxygen atoms in total. The monoisotopic (exact) mass is 298 g/mol. The Morgan fingerprint density at radius 3 is 2.52 bits per heavy atom. The number of unbranched alkanes of at least 4 members (excludes halogenated alkanes) is 1. The standard InChI is InChI=1S/C19H22OS/c1-3-4-10-17-11-8-9-16(2)19(17)14-15-21(20)18-12-6-5-7-13-18/h5-9,11-15H,3-4,10H2,1-2H3/b15-14+. The van der Waals surface area contributed by atoms with Crippen LogP contribution >= 0.6 is 0 Å². The molecule has 0 aliphatic heterocycles. The number of rotatable bonds is 6. The van der Waals surface area contributed by atoms with Gasteiger partial charge in [0.2, 0.25) is 0 Å². The number of aryl methyl sites for hydroxylation is 2. The van der Waals surface area contributed by atoms with Crippen LogP contribution in [0.2, 0.25) is 0 Å². The van der Waals surface area contributed by atoms with E-state index in [2.05, 4.69) is 32.0 Å². The predicted octanol–water partition coefficient (Wildman–Crippen LogP) is 5.12. The van der Waals surface area contributed by atoms with Gasteiger partial charge in [-0.3, -0.25) is 0 Å². The molecular formula is C19H22OS. The van der Waals surface area contributed by atoms with Gasteiger partial charge in [0.1, 0.15) is 0 Å². The highest BCUT2D eigenvalue weighted by atomic mass is 32.2. The van der Waals surface area contributed by atoms with Gasteiger partial charge in [-0.1, -0.05) is 49.7 Å². The van der Waals surface area contributed by atoms with Gasteiger partial charge in [0.25, 0.3) is 0 Å². The summed E-state index contributed by atoms with van der Waals surface area (Å²) < 4.78 is 12.3. The molecule has 0 spiro atoms. The van der Waals surface area contributed by atoms with E-state index < -0.39 is 10.8 Å². The van der Waals surface area contributed by atoms with Crippen molar-refractivity contribution in [1.29, 1.82) is 0 Å². The van der Waals surface area contributed by atoms with Crippen LogP contribution in [0.4, 0.5) is 0 Å². The molecule has 2 aromatic carbocycles. The second-order valence-corrected chi connectivity index (χ2v) is 6.50. The Morgan fingerprint density at radius 2 is 1.81 bits per heavy atom. The van der Waals surface area contributed by atoms with Gasteiger partial charge >= 0.3 is 0 Å². The Balaban J connectivity index is 2.22. The van der Waals surface area contributed by atoms with Crippen molar-refractivity contribution in [2.24, 2.45) is 0 Å². The van der Waals surface area contributed by atoms with E-state index in [1.807, 2.05) is 36.4 Å². The zero-order valence-corrected chi connectivity index (χ0v) is 13.5. The Kier molecular flexibility index (Phi) is 5.94. The van der Waals surface area contributed by atoms with E-state index in [0.29, 0.717) is 0 Å². The summed E-state index contributed by atoms with van der Waals surface area (Å²) in [6.45, 7) is 4.32. The van der Waals surface area contributed by atoms with Crippen LogP contribution in [-0.2, 0) is 17.2 Å². The first-order chi connectivity index (χ1) is 10.2. The van der Waals surface area contributed by atoms with Crippen molar-refractivity contribution in [2.75, 3.05) is 0 Å². The van der Waals surface area contributed by atoms with Crippen molar-refractivity contribution in [3.8, 4) is 0 Å². The first-order valence-electron chi connectivity index (χ1n) is 7.44. The minimum atomic E-state index is -1.09. The molecule has 0 aliphatic carbocycles. The fourth-order valence-electron chi connectivity index (χ4n) is 2.33. The third kappa shape index (κ3) is 4.40. The first-order valence-corrected chi connectivity index (χ1v) is 8.66. The Hall–Kier alpha value is -1.67. The molecule has 110 valence electrons. The fourth-order valence-corrected chi connectivity index (χ4v) is 3.17. The van der Waals surface area contributed by atoms with Gasteiger partial charge in [-0.2, -0.15) is 0 Å². The second-order valence-electron chi connectivity index (χ2n) is 5.16. The highest BCUT2D eigenvalue weighted by molar-refractivity contribution is 7.88. The lowest BCUT2D eigenvalue weighted by molar-refractivity contribution is 0.688. The maximum atomic E-state index is 12.3. The van der Waals surface area contributed by atoms with E-state index in [1.54, 1.807) is 5.41 Å². The van der Waals surface area contributed by atoms with Crippen molar-refractivity contribution < 1.29 is 4.21 Å². The molecule has 1 unspecified atom stereocenters. The summed E-state index contributed by atoms with van der Waals surface area (Å²) in [7, 11) is -1.09. The van der Waals surface area contributed by atoms with Crippen molar-refractivity contribution in [1.82, 2.24) is 0 Å². The van der Waals surface area contributed by atoms with Crippen LogP contribution in [0.5, 0.6) is 0 Å². The lowest BCUT2D eigenvalue weighted by atomic mass is 9.98. The molecular weight excluding hydrogens is 276 g/mol. The molecule has 2 heteroatoms. The van der Waals surface area contributed by atoms with Crippen molar-refractivity contribution in [3.63, 3.8) is 0 Å². The molecule has 21 heavy (non-hydrogen) atoms. The second kappa shape index (κ2) is 7.94. The smallest absolute Gasteiger partial charge is 0.0776 e. The van der Waals surface area contributed by atoms with Crippen molar-refractivity contribution >= 4 is 16.9 Å². The summed E-state index contributed by atoms with van der Waals surface area (Å²) in [5.74, 6) is 0. The highest BCUT2D eigenvalue weighted by Gasteiger charge is 2.04. The molecule has 0 aromatic heterocycles. The molecule has 0 fully saturated rings. The predicted molar refractivity (Wildman–Crippen MR) is 91.7 cm³/mol. The SMILES string of the molecule is CCCCc1cccc(C)c1/C=C/S(=O)c1ccccc1. The number of hydrogen-bond donors (Lipinski definition) is 0. The molecule has 1 atom stereocenters. The summed E-state index contributed by atoms with van der Waals surface area (Å²) in [5.41, 5.74) is 3.80. The van der Waals surface area contributed by atoms with E-state index in [4.69, 9.17) is 0 Å². The highest BCUT2D eigenvalue weighted by Crippen LogP contribution is 2.19. The van der Waals surface area contributed by atoms with Crippen LogP contribution < -0.4 is 0 Å². The first kappa shape index (κ1) is 15.7. The Labute approximate surface area is 130 Å². The molecule has 0 N–H and O–H groups in total. The minimum Gasteiger partial charge on any atom is -0.250 e. The maximum Gasteiger partial charge on any atom is 0.0776 e. The van der Waals surface area contributed by atoms with Crippen LogP contribution in [0.25, 0.3) is 6.08 Å². The largest absolute Gasteiger partial charge is 0.250 e. The molecule has 0 saturated heterocycles. The lowest BCUT2D eigenvalue weighted by Gasteiger charge is -2.08. The summed E-state index contributed by atoms with van der Waals surface area (Å²) in [5, 5.41) is 1.80. The molecule has 0 heterocycles. The Morgan fingerprint density at radius 1 is 1.05 bits per heavy atom. The van der Waals surface area contributed by atoms with E-state index in [-0.39, 0.29) is 0 Å². The van der Waals surface area contributed by atoms with Crippen LogP contribution in [0, 0.1) is 6.92 Å². The lowest BCUT2D eigenvalue weighted by Crippen LogP contribution is -1.93. The van der Waals surface area contributed by atoms with Gasteiger partial charge in [-0.05, 0) is 54.7 Å². The van der Waals surface area contributed by atoms with Crippen LogP contribution in [0.3, 0.4) is 0 Å². The van der Waals surface area contributed by atoms with E-state index in [1.165, 1.54) is 29.5 Å². The molecule has 0 saturated carbocycles. The topological polar surface area (TPSA) is 17.1 Å². The van der Waals surface area contributed by atoms with Crippen molar-refractivity contribution in [2.45, 2.75) is 38.0 Å². The number of hydrogen-bond acceptors (Lipinski definition) is 1. The van der Waals surface area contributed by atoms with Crippen molar-refractivity contribution in [3.05, 3.63) is 70.6 Å². The third-order valence-electron chi connectivity index (χ3n) is 3.55. The average molecular weight is 298 g/mol. The summed E-state index contributed by atoms with van der Waals surface area (Å²) >= 11 is 0. The molecule has 0 radical (unpaired) electrons.